The highest BCUT2D eigenvalue weighted by Gasteiger charge is 2.45. The van der Waals surface area contributed by atoms with Crippen molar-refractivity contribution in [2.75, 3.05) is 0 Å². The van der Waals surface area contributed by atoms with E-state index in [9.17, 15) is 10.2 Å². The molecule has 3 rings (SSSR count). The summed E-state index contributed by atoms with van der Waals surface area (Å²) in [6.07, 6.45) is 5.10. The summed E-state index contributed by atoms with van der Waals surface area (Å²) >= 11 is 0. The summed E-state index contributed by atoms with van der Waals surface area (Å²) in [6.45, 7) is 8.49. The Hall–Kier alpha value is -1.28. The summed E-state index contributed by atoms with van der Waals surface area (Å²) in [5, 5.41) is 20.6. The van der Waals surface area contributed by atoms with Gasteiger partial charge in [0.05, 0.1) is 6.10 Å². The number of hydrogen-bond donors (Lipinski definition) is 2. The lowest BCUT2D eigenvalue weighted by Gasteiger charge is -2.47. The molecule has 0 aliphatic heterocycles. The van der Waals surface area contributed by atoms with Gasteiger partial charge in [0.15, 0.2) is 0 Å². The van der Waals surface area contributed by atoms with Crippen LogP contribution in [0.2, 0.25) is 0 Å². The molecule has 3 atom stereocenters. The first kappa shape index (κ1) is 14.6. The van der Waals surface area contributed by atoms with Crippen molar-refractivity contribution >= 4 is 6.08 Å². The normalized spacial score (nSPS) is 30.9. The van der Waals surface area contributed by atoms with Crippen LogP contribution in [0.4, 0.5) is 0 Å². The van der Waals surface area contributed by atoms with Crippen LogP contribution in [-0.2, 0) is 6.42 Å². The van der Waals surface area contributed by atoms with Crippen molar-refractivity contribution in [1.29, 1.82) is 0 Å². The number of aliphatic hydroxyl groups is 1. The number of phenols is 1. The molecule has 0 bridgehead atoms. The van der Waals surface area contributed by atoms with Gasteiger partial charge in [0.25, 0.3) is 0 Å². The van der Waals surface area contributed by atoms with E-state index in [-0.39, 0.29) is 11.5 Å². The maximum absolute atomic E-state index is 10.6. The molecule has 114 valence electrons. The van der Waals surface area contributed by atoms with Crippen LogP contribution < -0.4 is 0 Å². The molecule has 2 aliphatic carbocycles. The molecule has 1 aromatic carbocycles. The van der Waals surface area contributed by atoms with Gasteiger partial charge in [-0.15, -0.1) is 0 Å². The molecule has 0 amide bonds. The van der Waals surface area contributed by atoms with Gasteiger partial charge in [-0.1, -0.05) is 38.5 Å². The van der Waals surface area contributed by atoms with Crippen molar-refractivity contribution < 1.29 is 10.2 Å². The van der Waals surface area contributed by atoms with Gasteiger partial charge in [-0.05, 0) is 66.2 Å². The Balaban J connectivity index is 2.07. The smallest absolute Gasteiger partial charge is 0.119 e. The number of aryl methyl sites for hydroxylation is 2. The van der Waals surface area contributed by atoms with E-state index in [1.165, 1.54) is 11.1 Å². The Morgan fingerprint density at radius 3 is 2.67 bits per heavy atom. The minimum atomic E-state index is -0.240. The standard InChI is InChI=1S/C19H26O2/c1-11-7-13-5-6-16-15(9-14(13)10-17(11)20)8-12(2)18(21)19(16,3)4/h7,9-10,12,16,18,20-21H,5-6,8H2,1-4H3/t12-,16-,18-/m1/s1. The van der Waals surface area contributed by atoms with E-state index in [4.69, 9.17) is 0 Å². The summed E-state index contributed by atoms with van der Waals surface area (Å²) in [5.41, 5.74) is 4.80. The molecule has 1 saturated carbocycles. The fourth-order valence-electron chi connectivity index (χ4n) is 4.38. The maximum Gasteiger partial charge on any atom is 0.119 e. The molecule has 0 aromatic heterocycles. The summed E-state index contributed by atoms with van der Waals surface area (Å²) in [4.78, 5) is 0. The number of fused-ring (bicyclic) bond motifs is 2. The van der Waals surface area contributed by atoms with Crippen LogP contribution in [0.15, 0.2) is 17.7 Å². The van der Waals surface area contributed by atoms with Crippen molar-refractivity contribution in [3.05, 3.63) is 34.4 Å². The number of aromatic hydroxyl groups is 1. The van der Waals surface area contributed by atoms with Crippen LogP contribution in [0.25, 0.3) is 6.08 Å². The van der Waals surface area contributed by atoms with E-state index in [0.29, 0.717) is 17.6 Å². The van der Waals surface area contributed by atoms with Crippen molar-refractivity contribution in [2.24, 2.45) is 17.3 Å². The van der Waals surface area contributed by atoms with Crippen LogP contribution >= 0.6 is 0 Å². The van der Waals surface area contributed by atoms with Gasteiger partial charge >= 0.3 is 0 Å². The van der Waals surface area contributed by atoms with Gasteiger partial charge in [-0.2, -0.15) is 0 Å². The third kappa shape index (κ3) is 2.30. The Morgan fingerprint density at radius 1 is 1.24 bits per heavy atom. The Morgan fingerprint density at radius 2 is 1.95 bits per heavy atom. The Labute approximate surface area is 127 Å². The molecule has 2 N–H and O–H groups in total. The second kappa shape index (κ2) is 4.88. The molecule has 0 radical (unpaired) electrons. The van der Waals surface area contributed by atoms with Crippen molar-refractivity contribution in [1.82, 2.24) is 0 Å². The molecule has 0 heterocycles. The predicted molar refractivity (Wildman–Crippen MR) is 86.2 cm³/mol. The Bertz CT molecular complexity index is 598. The van der Waals surface area contributed by atoms with Crippen molar-refractivity contribution in [2.45, 2.75) is 53.1 Å². The lowest BCUT2D eigenvalue weighted by atomic mass is 9.60. The number of phenolic OH excluding ortho intramolecular Hbond substituents is 1. The summed E-state index contributed by atoms with van der Waals surface area (Å²) < 4.78 is 0. The molecule has 1 fully saturated rings. The number of aliphatic hydroxyl groups excluding tert-OH is 1. The lowest BCUT2D eigenvalue weighted by Crippen LogP contribution is -2.45. The van der Waals surface area contributed by atoms with Gasteiger partial charge in [0, 0.05) is 0 Å². The summed E-state index contributed by atoms with van der Waals surface area (Å²) in [6, 6.07) is 4.02. The predicted octanol–water partition coefficient (Wildman–Crippen LogP) is 4.07. The van der Waals surface area contributed by atoms with Gasteiger partial charge in [0.2, 0.25) is 0 Å². The first-order valence-corrected chi connectivity index (χ1v) is 8.01. The molecule has 1 aromatic rings. The largest absolute Gasteiger partial charge is 0.508 e. The molecule has 2 heteroatoms. The molecule has 0 spiro atoms. The van der Waals surface area contributed by atoms with E-state index in [1.54, 1.807) is 0 Å². The van der Waals surface area contributed by atoms with Crippen LogP contribution in [0.3, 0.4) is 0 Å². The van der Waals surface area contributed by atoms with Gasteiger partial charge in [-0.3, -0.25) is 0 Å². The van der Waals surface area contributed by atoms with Crippen LogP contribution in [0.5, 0.6) is 5.75 Å². The van der Waals surface area contributed by atoms with Crippen LogP contribution in [-0.4, -0.2) is 16.3 Å². The molecule has 21 heavy (non-hydrogen) atoms. The highest BCUT2D eigenvalue weighted by Crippen LogP contribution is 2.50. The topological polar surface area (TPSA) is 40.5 Å². The number of allylic oxidation sites excluding steroid dienone is 1. The second-order valence-electron chi connectivity index (χ2n) is 7.60. The number of rotatable bonds is 0. The second-order valence-corrected chi connectivity index (χ2v) is 7.60. The quantitative estimate of drug-likeness (QED) is 0.754. The lowest BCUT2D eigenvalue weighted by molar-refractivity contribution is -0.0421. The molecular weight excluding hydrogens is 260 g/mol. The van der Waals surface area contributed by atoms with Gasteiger partial charge in [-0.25, -0.2) is 0 Å². The highest BCUT2D eigenvalue weighted by molar-refractivity contribution is 5.62. The molecule has 2 aliphatic rings. The zero-order valence-corrected chi connectivity index (χ0v) is 13.5. The third-order valence-electron chi connectivity index (χ3n) is 5.71. The molecule has 0 unspecified atom stereocenters. The van der Waals surface area contributed by atoms with Crippen molar-refractivity contribution in [3.8, 4) is 5.75 Å². The zero-order valence-electron chi connectivity index (χ0n) is 13.5. The third-order valence-corrected chi connectivity index (χ3v) is 5.71. The first-order valence-electron chi connectivity index (χ1n) is 8.01. The summed E-state index contributed by atoms with van der Waals surface area (Å²) in [5.74, 6) is 1.11. The number of hydrogen-bond acceptors (Lipinski definition) is 2. The fourth-order valence-corrected chi connectivity index (χ4v) is 4.38. The van der Waals surface area contributed by atoms with E-state index in [2.05, 4.69) is 32.9 Å². The van der Waals surface area contributed by atoms with E-state index in [0.717, 1.165) is 30.4 Å². The average molecular weight is 286 g/mol. The van der Waals surface area contributed by atoms with E-state index < -0.39 is 0 Å². The average Bonchev–Trinajstić information content (AvgIpc) is 2.57. The minimum absolute atomic E-state index is 0.0807. The Kier molecular flexibility index (Phi) is 3.40. The monoisotopic (exact) mass is 286 g/mol. The summed E-state index contributed by atoms with van der Waals surface area (Å²) in [7, 11) is 0. The van der Waals surface area contributed by atoms with Crippen LogP contribution in [0, 0.1) is 24.2 Å². The van der Waals surface area contributed by atoms with Gasteiger partial charge in [0.1, 0.15) is 5.75 Å². The van der Waals surface area contributed by atoms with E-state index >= 15 is 0 Å². The molecular formula is C19H26O2. The van der Waals surface area contributed by atoms with Gasteiger partial charge < -0.3 is 10.2 Å². The van der Waals surface area contributed by atoms with Crippen molar-refractivity contribution in [3.63, 3.8) is 0 Å². The molecule has 2 nitrogen and oxygen atoms in total. The number of benzene rings is 1. The fraction of sp³-hybridized carbons (Fsp3) is 0.579. The zero-order chi connectivity index (χ0) is 15.4. The van der Waals surface area contributed by atoms with E-state index in [1.807, 2.05) is 13.0 Å². The maximum atomic E-state index is 10.6. The SMILES string of the molecule is Cc1cc2c(cc1O)C=C1C[C@@H](C)[C@@H](O)C(C)(C)[C@@H]1CC2. The highest BCUT2D eigenvalue weighted by atomic mass is 16.3. The minimum Gasteiger partial charge on any atom is -0.508 e. The van der Waals surface area contributed by atoms with Crippen LogP contribution in [0.1, 0.15) is 50.3 Å². The first-order chi connectivity index (χ1) is 9.80. The molecule has 0 saturated heterocycles.